The summed E-state index contributed by atoms with van der Waals surface area (Å²) in [6.45, 7) is 7.70. The topological polar surface area (TPSA) is 64.6 Å². The lowest BCUT2D eigenvalue weighted by molar-refractivity contribution is -0.0119. The van der Waals surface area contributed by atoms with Crippen LogP contribution in [0.3, 0.4) is 0 Å². The van der Waals surface area contributed by atoms with Gasteiger partial charge in [0.1, 0.15) is 0 Å². The van der Waals surface area contributed by atoms with Crippen molar-refractivity contribution in [2.45, 2.75) is 50.2 Å². The van der Waals surface area contributed by atoms with Crippen LogP contribution < -0.4 is 4.63 Å². The molecule has 1 aromatic rings. The lowest BCUT2D eigenvalue weighted by Gasteiger charge is -2.35. The van der Waals surface area contributed by atoms with Gasteiger partial charge in [0, 0.05) is 0 Å². The van der Waals surface area contributed by atoms with Crippen molar-refractivity contribution in [2.24, 2.45) is 0 Å². The molecule has 1 saturated heterocycles. The Morgan fingerprint density at radius 1 is 1.15 bits per heavy atom. The molecule has 1 aliphatic rings. The summed E-state index contributed by atoms with van der Waals surface area (Å²) in [5.41, 5.74) is -1.09. The Balaban J connectivity index is 2.17. The van der Waals surface area contributed by atoms with Crippen molar-refractivity contribution in [3.63, 3.8) is 0 Å². The molecule has 1 fully saturated rings. The van der Waals surface area contributed by atoms with Crippen LogP contribution in [0.15, 0.2) is 35.2 Å². The van der Waals surface area contributed by atoms with Gasteiger partial charge in [0.25, 0.3) is 0 Å². The van der Waals surface area contributed by atoms with Gasteiger partial charge < -0.3 is 9.31 Å². The van der Waals surface area contributed by atoms with Crippen molar-refractivity contribution in [2.75, 3.05) is 0 Å². The Kier molecular flexibility index (Phi) is 3.99. The standard InChI is InChI=1S/C13H20BNO4S/c1-5-13(4)12(2,3)18-14(19-13)15-20(16,17)11-9-7-6-8-10-11/h6-10,15H,5H2,1-4H3. The van der Waals surface area contributed by atoms with Crippen LogP contribution in [0.1, 0.15) is 34.1 Å². The van der Waals surface area contributed by atoms with Crippen LogP contribution in [0.25, 0.3) is 0 Å². The van der Waals surface area contributed by atoms with Gasteiger partial charge in [0.2, 0.25) is 10.0 Å². The highest BCUT2D eigenvalue weighted by molar-refractivity contribution is 7.90. The molecule has 1 aromatic carbocycles. The first-order valence-corrected chi connectivity index (χ1v) is 8.11. The van der Waals surface area contributed by atoms with E-state index >= 15 is 0 Å². The number of hydrogen-bond donors (Lipinski definition) is 1. The Hall–Kier alpha value is -0.885. The van der Waals surface area contributed by atoms with Crippen LogP contribution in [0.4, 0.5) is 0 Å². The number of rotatable bonds is 4. The molecule has 1 unspecified atom stereocenters. The quantitative estimate of drug-likeness (QED) is 0.863. The van der Waals surface area contributed by atoms with E-state index in [1.165, 1.54) is 12.1 Å². The van der Waals surface area contributed by atoms with Crippen LogP contribution in [0.2, 0.25) is 0 Å². The van der Waals surface area contributed by atoms with Crippen LogP contribution in [0, 0.1) is 0 Å². The van der Waals surface area contributed by atoms with Crippen molar-refractivity contribution in [1.82, 2.24) is 4.63 Å². The minimum Gasteiger partial charge on any atom is -0.389 e. The van der Waals surface area contributed by atoms with Gasteiger partial charge >= 0.3 is 7.25 Å². The summed E-state index contributed by atoms with van der Waals surface area (Å²) in [4.78, 5) is 0.190. The second-order valence-corrected chi connectivity index (χ2v) is 7.31. The Bertz CT molecular complexity index is 575. The summed E-state index contributed by atoms with van der Waals surface area (Å²) in [7, 11) is -4.62. The second-order valence-electron chi connectivity index (χ2n) is 5.60. The number of hydrogen-bond acceptors (Lipinski definition) is 4. The first kappa shape index (κ1) is 15.5. The zero-order valence-electron chi connectivity index (χ0n) is 12.2. The molecule has 2 rings (SSSR count). The van der Waals surface area contributed by atoms with Crippen molar-refractivity contribution in [1.29, 1.82) is 0 Å². The third-order valence-electron chi connectivity index (χ3n) is 4.02. The van der Waals surface area contributed by atoms with E-state index < -0.39 is 28.5 Å². The maximum atomic E-state index is 12.2. The lowest BCUT2D eigenvalue weighted by atomic mass is 9.86. The molecule has 1 atom stereocenters. The fraction of sp³-hybridized carbons (Fsp3) is 0.538. The summed E-state index contributed by atoms with van der Waals surface area (Å²) in [5.74, 6) is 0. The third-order valence-corrected chi connectivity index (χ3v) is 5.42. The Morgan fingerprint density at radius 3 is 2.25 bits per heavy atom. The first-order chi connectivity index (χ1) is 9.20. The highest BCUT2D eigenvalue weighted by atomic mass is 32.2. The van der Waals surface area contributed by atoms with Crippen LogP contribution in [-0.2, 0) is 19.3 Å². The molecule has 1 N–H and O–H groups in total. The number of nitrogens with one attached hydrogen (secondary N) is 1. The molecule has 0 radical (unpaired) electrons. The van der Waals surface area contributed by atoms with Gasteiger partial charge in [-0.05, 0) is 39.3 Å². The van der Waals surface area contributed by atoms with E-state index in [9.17, 15) is 8.42 Å². The molecule has 5 nitrogen and oxygen atoms in total. The van der Waals surface area contributed by atoms with E-state index in [1.807, 2.05) is 27.7 Å². The van der Waals surface area contributed by atoms with Crippen molar-refractivity contribution in [3.05, 3.63) is 30.3 Å². The van der Waals surface area contributed by atoms with E-state index in [1.54, 1.807) is 18.2 Å². The smallest absolute Gasteiger partial charge is 0.389 e. The van der Waals surface area contributed by atoms with Gasteiger partial charge in [-0.3, -0.25) is 0 Å². The fourth-order valence-electron chi connectivity index (χ4n) is 2.15. The van der Waals surface area contributed by atoms with Crippen LogP contribution in [-0.4, -0.2) is 26.9 Å². The zero-order chi connectivity index (χ0) is 15.0. The summed E-state index contributed by atoms with van der Waals surface area (Å²) < 4.78 is 38.4. The van der Waals surface area contributed by atoms with Gasteiger partial charge in [-0.1, -0.05) is 25.1 Å². The molecule has 0 saturated carbocycles. The fourth-order valence-corrected chi connectivity index (χ4v) is 3.15. The van der Waals surface area contributed by atoms with E-state index in [0.29, 0.717) is 0 Å². The molecule has 0 aliphatic carbocycles. The first-order valence-electron chi connectivity index (χ1n) is 6.63. The Labute approximate surface area is 120 Å². The van der Waals surface area contributed by atoms with E-state index in [4.69, 9.17) is 9.31 Å². The molecule has 7 heteroatoms. The SMILES string of the molecule is CCC1(C)OB(NS(=O)(=O)c2ccccc2)OC1(C)C. The summed E-state index contributed by atoms with van der Waals surface area (Å²) in [6.07, 6.45) is 0.726. The minimum absolute atomic E-state index is 0.190. The van der Waals surface area contributed by atoms with Gasteiger partial charge in [-0.25, -0.2) is 8.42 Å². The average molecular weight is 297 g/mol. The second kappa shape index (κ2) is 5.14. The molecular formula is C13H20BNO4S. The monoisotopic (exact) mass is 297 g/mol. The summed E-state index contributed by atoms with van der Waals surface area (Å²) in [5, 5.41) is 0. The molecular weight excluding hydrogens is 277 g/mol. The predicted molar refractivity (Wildman–Crippen MR) is 77.5 cm³/mol. The minimum atomic E-state index is -3.65. The zero-order valence-corrected chi connectivity index (χ0v) is 13.0. The average Bonchev–Trinajstić information content (AvgIpc) is 2.60. The highest BCUT2D eigenvalue weighted by Gasteiger charge is 2.54. The summed E-state index contributed by atoms with van der Waals surface area (Å²) >= 11 is 0. The van der Waals surface area contributed by atoms with Crippen molar-refractivity contribution < 1.29 is 17.7 Å². The van der Waals surface area contributed by atoms with E-state index in [-0.39, 0.29) is 4.90 Å². The molecule has 0 spiro atoms. The molecule has 20 heavy (non-hydrogen) atoms. The van der Waals surface area contributed by atoms with Crippen LogP contribution in [0.5, 0.6) is 0 Å². The van der Waals surface area contributed by atoms with E-state index in [0.717, 1.165) is 6.42 Å². The normalized spacial score (nSPS) is 25.9. The summed E-state index contributed by atoms with van der Waals surface area (Å²) in [6, 6.07) is 8.16. The highest BCUT2D eigenvalue weighted by Crippen LogP contribution is 2.39. The molecule has 0 bridgehead atoms. The molecule has 0 aromatic heterocycles. The number of benzene rings is 1. The lowest BCUT2D eigenvalue weighted by Crippen LogP contribution is -2.44. The number of sulfonamides is 1. The van der Waals surface area contributed by atoms with Gasteiger partial charge in [-0.2, -0.15) is 4.63 Å². The largest absolute Gasteiger partial charge is 0.570 e. The molecule has 0 amide bonds. The van der Waals surface area contributed by atoms with E-state index in [2.05, 4.69) is 4.63 Å². The van der Waals surface area contributed by atoms with Gasteiger partial charge in [0.05, 0.1) is 16.1 Å². The maximum Gasteiger partial charge on any atom is 0.570 e. The third kappa shape index (κ3) is 2.76. The van der Waals surface area contributed by atoms with Crippen molar-refractivity contribution >= 4 is 17.3 Å². The predicted octanol–water partition coefficient (Wildman–Crippen LogP) is 1.94. The van der Waals surface area contributed by atoms with Gasteiger partial charge in [-0.15, -0.1) is 0 Å². The molecule has 1 aliphatic heterocycles. The van der Waals surface area contributed by atoms with Crippen molar-refractivity contribution in [3.8, 4) is 0 Å². The Morgan fingerprint density at radius 2 is 1.75 bits per heavy atom. The van der Waals surface area contributed by atoms with Crippen LogP contribution >= 0.6 is 0 Å². The van der Waals surface area contributed by atoms with Gasteiger partial charge in [0.15, 0.2) is 0 Å². The molecule has 1 heterocycles. The molecule has 110 valence electrons. The maximum absolute atomic E-state index is 12.2.